The van der Waals surface area contributed by atoms with Gasteiger partial charge in [0.1, 0.15) is 0 Å². The SMILES string of the molecule is C=C/C1=C/CC=C=C/C=C(/S)C1. The van der Waals surface area contributed by atoms with Crippen LogP contribution < -0.4 is 0 Å². The molecule has 1 heteroatoms. The van der Waals surface area contributed by atoms with Crippen molar-refractivity contribution in [1.82, 2.24) is 0 Å². The van der Waals surface area contributed by atoms with Gasteiger partial charge in [0.15, 0.2) is 0 Å². The average molecular weight is 176 g/mol. The molecule has 0 spiro atoms. The molecule has 1 aliphatic carbocycles. The summed E-state index contributed by atoms with van der Waals surface area (Å²) in [7, 11) is 0. The van der Waals surface area contributed by atoms with Gasteiger partial charge in [-0.2, -0.15) is 0 Å². The Morgan fingerprint density at radius 1 is 1.58 bits per heavy atom. The Hall–Kier alpha value is -0.910. The molecule has 0 saturated carbocycles. The highest BCUT2D eigenvalue weighted by Gasteiger charge is 1.94. The van der Waals surface area contributed by atoms with Crippen LogP contribution in [0.3, 0.4) is 0 Å². The summed E-state index contributed by atoms with van der Waals surface area (Å²) in [5.41, 5.74) is 4.27. The predicted octanol–water partition coefficient (Wildman–Crippen LogP) is 3.42. The number of hydrogen-bond donors (Lipinski definition) is 1. The minimum atomic E-state index is 0.874. The van der Waals surface area contributed by atoms with Gasteiger partial charge in [0.2, 0.25) is 0 Å². The Morgan fingerprint density at radius 3 is 3.17 bits per heavy atom. The lowest BCUT2D eigenvalue weighted by molar-refractivity contribution is 1.22. The Bertz CT molecular complexity index is 286. The van der Waals surface area contributed by atoms with Gasteiger partial charge in [-0.15, -0.1) is 18.4 Å². The van der Waals surface area contributed by atoms with E-state index in [9.17, 15) is 0 Å². The van der Waals surface area contributed by atoms with Crippen LogP contribution in [0, 0.1) is 0 Å². The molecule has 0 amide bonds. The van der Waals surface area contributed by atoms with Gasteiger partial charge in [-0.05, 0) is 35.1 Å². The first-order valence-electron chi connectivity index (χ1n) is 3.93. The van der Waals surface area contributed by atoms with E-state index in [1.807, 2.05) is 24.3 Å². The van der Waals surface area contributed by atoms with E-state index in [4.69, 9.17) is 0 Å². The Balaban J connectivity index is 2.86. The van der Waals surface area contributed by atoms with Crippen LogP contribution in [0.2, 0.25) is 0 Å². The molecule has 62 valence electrons. The lowest BCUT2D eigenvalue weighted by atomic mass is 10.1. The molecule has 1 rings (SSSR count). The number of hydrogen-bond acceptors (Lipinski definition) is 1. The van der Waals surface area contributed by atoms with Crippen LogP contribution in [0.15, 0.2) is 53.2 Å². The van der Waals surface area contributed by atoms with Crippen LogP contribution >= 0.6 is 12.6 Å². The smallest absolute Gasteiger partial charge is 0.00288 e. The van der Waals surface area contributed by atoms with Gasteiger partial charge in [-0.25, -0.2) is 0 Å². The van der Waals surface area contributed by atoms with Crippen molar-refractivity contribution in [3.63, 3.8) is 0 Å². The quantitative estimate of drug-likeness (QED) is 0.459. The maximum absolute atomic E-state index is 4.33. The summed E-state index contributed by atoms with van der Waals surface area (Å²) >= 11 is 4.33. The average Bonchev–Trinajstić information content (AvgIpc) is 2.16. The maximum atomic E-state index is 4.33. The van der Waals surface area contributed by atoms with E-state index in [1.165, 1.54) is 5.57 Å². The molecule has 0 aromatic carbocycles. The molecular weight excluding hydrogens is 164 g/mol. The molecule has 0 bridgehead atoms. The molecular formula is C11H12S. The van der Waals surface area contributed by atoms with E-state index in [0.717, 1.165) is 17.7 Å². The van der Waals surface area contributed by atoms with Crippen LogP contribution in [0.25, 0.3) is 0 Å². The van der Waals surface area contributed by atoms with E-state index in [2.05, 4.69) is 31.0 Å². The second-order valence-corrected chi connectivity index (χ2v) is 3.17. The van der Waals surface area contributed by atoms with Crippen LogP contribution in [0.4, 0.5) is 0 Å². The van der Waals surface area contributed by atoms with Gasteiger partial charge in [0.25, 0.3) is 0 Å². The summed E-state index contributed by atoms with van der Waals surface area (Å²) in [6, 6.07) is 0. The fraction of sp³-hybridized carbons (Fsp3) is 0.182. The highest BCUT2D eigenvalue weighted by atomic mass is 32.1. The zero-order chi connectivity index (χ0) is 8.81. The molecule has 1 aliphatic rings. The van der Waals surface area contributed by atoms with Crippen LogP contribution in [-0.2, 0) is 0 Å². The number of rotatable bonds is 1. The standard InChI is InChI=1S/C11H12S/c1-2-10-7-5-3-4-6-8-11(12)9-10/h2-3,6-8,12H,1,5,9H2/b10-7-,11-8+. The van der Waals surface area contributed by atoms with Crippen molar-refractivity contribution in [1.29, 1.82) is 0 Å². The second-order valence-electron chi connectivity index (χ2n) is 2.59. The Morgan fingerprint density at radius 2 is 2.42 bits per heavy atom. The molecule has 0 aliphatic heterocycles. The molecule has 0 heterocycles. The van der Waals surface area contributed by atoms with Crippen molar-refractivity contribution >= 4 is 12.6 Å². The zero-order valence-electron chi connectivity index (χ0n) is 6.96. The highest BCUT2D eigenvalue weighted by Crippen LogP contribution is 2.16. The number of thiol groups is 1. The van der Waals surface area contributed by atoms with Crippen molar-refractivity contribution in [2.24, 2.45) is 0 Å². The largest absolute Gasteiger partial charge is 0.148 e. The first kappa shape index (κ1) is 9.18. The summed E-state index contributed by atoms with van der Waals surface area (Å²) in [4.78, 5) is 1.05. The third-order valence-corrected chi connectivity index (χ3v) is 1.94. The first-order chi connectivity index (χ1) is 5.83. The molecule has 0 atom stereocenters. The van der Waals surface area contributed by atoms with Gasteiger partial charge in [-0.1, -0.05) is 18.7 Å². The van der Waals surface area contributed by atoms with Crippen LogP contribution in [0.1, 0.15) is 12.8 Å². The van der Waals surface area contributed by atoms with E-state index in [0.29, 0.717) is 0 Å². The lowest BCUT2D eigenvalue weighted by Gasteiger charge is -1.99. The summed E-state index contributed by atoms with van der Waals surface area (Å²) in [5.74, 6) is 0. The predicted molar refractivity (Wildman–Crippen MR) is 57.2 cm³/mol. The third kappa shape index (κ3) is 3.00. The van der Waals surface area contributed by atoms with Gasteiger partial charge >= 0.3 is 0 Å². The van der Waals surface area contributed by atoms with Crippen molar-refractivity contribution in [3.8, 4) is 0 Å². The number of allylic oxidation sites excluding steroid dienone is 6. The second kappa shape index (κ2) is 4.87. The van der Waals surface area contributed by atoms with E-state index in [1.54, 1.807) is 0 Å². The van der Waals surface area contributed by atoms with Crippen molar-refractivity contribution < 1.29 is 0 Å². The molecule has 0 fully saturated rings. The van der Waals surface area contributed by atoms with Gasteiger partial charge < -0.3 is 0 Å². The fourth-order valence-corrected chi connectivity index (χ4v) is 1.24. The minimum absolute atomic E-state index is 0.874. The van der Waals surface area contributed by atoms with Gasteiger partial charge in [-0.3, -0.25) is 0 Å². The fourth-order valence-electron chi connectivity index (χ4n) is 0.986. The molecule has 0 radical (unpaired) electrons. The molecule has 0 saturated heterocycles. The van der Waals surface area contributed by atoms with Gasteiger partial charge in [0.05, 0.1) is 0 Å². The molecule has 0 aromatic rings. The normalized spacial score (nSPS) is 25.8. The Kier molecular flexibility index (Phi) is 3.72. The van der Waals surface area contributed by atoms with Crippen molar-refractivity contribution in [3.05, 3.63) is 53.2 Å². The first-order valence-corrected chi connectivity index (χ1v) is 4.38. The highest BCUT2D eigenvalue weighted by molar-refractivity contribution is 7.84. The van der Waals surface area contributed by atoms with Crippen molar-refractivity contribution in [2.75, 3.05) is 0 Å². The lowest BCUT2D eigenvalue weighted by Crippen LogP contribution is -1.78. The van der Waals surface area contributed by atoms with E-state index < -0.39 is 0 Å². The summed E-state index contributed by atoms with van der Waals surface area (Å²) in [5, 5.41) is 0. The monoisotopic (exact) mass is 176 g/mol. The summed E-state index contributed by atoms with van der Waals surface area (Å²) in [6.45, 7) is 3.75. The molecule has 0 nitrogen and oxygen atoms in total. The van der Waals surface area contributed by atoms with Crippen LogP contribution in [-0.4, -0.2) is 0 Å². The Labute approximate surface area is 79.1 Å². The van der Waals surface area contributed by atoms with Gasteiger partial charge in [0, 0.05) is 6.42 Å². The maximum Gasteiger partial charge on any atom is 0.00288 e. The van der Waals surface area contributed by atoms with Crippen molar-refractivity contribution in [2.45, 2.75) is 12.8 Å². The third-order valence-electron chi connectivity index (χ3n) is 1.64. The zero-order valence-corrected chi connectivity index (χ0v) is 7.85. The summed E-state index contributed by atoms with van der Waals surface area (Å²) in [6.07, 6.45) is 11.7. The summed E-state index contributed by atoms with van der Waals surface area (Å²) < 4.78 is 0. The van der Waals surface area contributed by atoms with E-state index >= 15 is 0 Å². The molecule has 0 N–H and O–H groups in total. The topological polar surface area (TPSA) is 0 Å². The minimum Gasteiger partial charge on any atom is -0.148 e. The van der Waals surface area contributed by atoms with Crippen LogP contribution in [0.5, 0.6) is 0 Å². The molecule has 0 unspecified atom stereocenters. The van der Waals surface area contributed by atoms with E-state index in [-0.39, 0.29) is 0 Å². The molecule has 0 aromatic heterocycles. The molecule has 12 heavy (non-hydrogen) atoms.